The molecule has 0 aromatic rings. The summed E-state index contributed by atoms with van der Waals surface area (Å²) in [7, 11) is 0. The summed E-state index contributed by atoms with van der Waals surface area (Å²) >= 11 is 0. The molecule has 1 saturated heterocycles. The van der Waals surface area contributed by atoms with Gasteiger partial charge in [0.15, 0.2) is 0 Å². The lowest BCUT2D eigenvalue weighted by Crippen LogP contribution is -2.57. The first-order valence-corrected chi connectivity index (χ1v) is 13.1. The van der Waals surface area contributed by atoms with Crippen molar-refractivity contribution in [3.8, 4) is 0 Å². The molecule has 0 bridgehead atoms. The van der Waals surface area contributed by atoms with E-state index in [1.165, 1.54) is 51.4 Å². The minimum absolute atomic E-state index is 0.159. The third kappa shape index (κ3) is 6.92. The summed E-state index contributed by atoms with van der Waals surface area (Å²) in [5.74, 6) is -0.423. The van der Waals surface area contributed by atoms with E-state index in [1.807, 2.05) is 0 Å². The van der Waals surface area contributed by atoms with Gasteiger partial charge in [0.2, 0.25) is 0 Å². The highest BCUT2D eigenvalue weighted by Gasteiger charge is 2.59. The lowest BCUT2D eigenvalue weighted by molar-refractivity contribution is -0.438. The van der Waals surface area contributed by atoms with E-state index in [2.05, 4.69) is 34.6 Å². The molecule has 4 atom stereocenters. The van der Waals surface area contributed by atoms with Crippen LogP contribution in [0, 0.1) is 11.3 Å². The number of ether oxygens (including phenoxy) is 4. The number of hydrogen-bond acceptors (Lipinski definition) is 4. The van der Waals surface area contributed by atoms with Crippen molar-refractivity contribution in [2.24, 2.45) is 11.3 Å². The molecule has 178 valence electrons. The Kier molecular flexibility index (Phi) is 11.7. The molecule has 0 spiro atoms. The van der Waals surface area contributed by atoms with Gasteiger partial charge in [-0.05, 0) is 50.9 Å². The Morgan fingerprint density at radius 1 is 0.700 bits per heavy atom. The van der Waals surface area contributed by atoms with Crippen LogP contribution in [0.5, 0.6) is 0 Å². The fourth-order valence-electron chi connectivity index (χ4n) is 5.19. The Labute approximate surface area is 186 Å². The maximum absolute atomic E-state index is 6.56. The summed E-state index contributed by atoms with van der Waals surface area (Å²) in [5.41, 5.74) is -0.159. The lowest BCUT2D eigenvalue weighted by Gasteiger charge is -2.51. The molecular formula is C26H50O4. The number of fused-ring (bicyclic) bond motifs is 1. The van der Waals surface area contributed by atoms with Gasteiger partial charge in [-0.3, -0.25) is 0 Å². The highest BCUT2D eigenvalue weighted by atomic mass is 16.9. The van der Waals surface area contributed by atoms with E-state index >= 15 is 0 Å². The Bertz CT molecular complexity index is 433. The van der Waals surface area contributed by atoms with Crippen LogP contribution in [0.3, 0.4) is 0 Å². The summed E-state index contributed by atoms with van der Waals surface area (Å²) in [6.07, 6.45) is 16.3. The number of unbranched alkanes of at least 4 members (excludes halogenated alkanes) is 5. The highest BCUT2D eigenvalue weighted by molar-refractivity contribution is 5.00. The molecule has 4 heteroatoms. The first-order chi connectivity index (χ1) is 14.6. The molecule has 0 N–H and O–H groups in total. The molecule has 4 unspecified atom stereocenters. The SMILES string of the molecule is CCCCCCCCC(C)(C1CCC2OC2C1)C(OCCC)(OCCC)OCCC. The van der Waals surface area contributed by atoms with Gasteiger partial charge in [-0.2, -0.15) is 0 Å². The van der Waals surface area contributed by atoms with E-state index in [1.54, 1.807) is 0 Å². The van der Waals surface area contributed by atoms with Crippen LogP contribution in [-0.2, 0) is 18.9 Å². The Balaban J connectivity index is 2.21. The number of rotatable bonds is 18. The zero-order chi connectivity index (χ0) is 21.9. The predicted octanol–water partition coefficient (Wildman–Crippen LogP) is 7.24. The largest absolute Gasteiger partial charge is 0.370 e. The molecule has 1 saturated carbocycles. The lowest BCUT2D eigenvalue weighted by atomic mass is 9.65. The van der Waals surface area contributed by atoms with E-state index in [0.29, 0.717) is 37.9 Å². The molecule has 1 heterocycles. The fraction of sp³-hybridized carbons (Fsp3) is 1.00. The molecule has 2 fully saturated rings. The number of epoxide rings is 1. The second kappa shape index (κ2) is 13.4. The maximum atomic E-state index is 6.56. The molecule has 4 nitrogen and oxygen atoms in total. The molecule has 2 rings (SSSR count). The van der Waals surface area contributed by atoms with Crippen LogP contribution in [0.2, 0.25) is 0 Å². The van der Waals surface area contributed by atoms with Crippen LogP contribution < -0.4 is 0 Å². The Morgan fingerprint density at radius 2 is 1.27 bits per heavy atom. The maximum Gasteiger partial charge on any atom is 0.288 e. The van der Waals surface area contributed by atoms with Gasteiger partial charge in [0, 0.05) is 0 Å². The van der Waals surface area contributed by atoms with E-state index in [-0.39, 0.29) is 5.41 Å². The normalized spacial score (nSPS) is 25.7. The second-order valence-corrected chi connectivity index (χ2v) is 9.76. The Morgan fingerprint density at radius 3 is 1.80 bits per heavy atom. The van der Waals surface area contributed by atoms with Gasteiger partial charge in [0.1, 0.15) is 0 Å². The zero-order valence-electron chi connectivity index (χ0n) is 20.7. The van der Waals surface area contributed by atoms with Gasteiger partial charge in [-0.25, -0.2) is 0 Å². The second-order valence-electron chi connectivity index (χ2n) is 9.76. The molecule has 0 aromatic carbocycles. The zero-order valence-corrected chi connectivity index (χ0v) is 20.7. The van der Waals surface area contributed by atoms with Crippen molar-refractivity contribution in [2.45, 2.75) is 136 Å². The van der Waals surface area contributed by atoms with Crippen LogP contribution in [0.25, 0.3) is 0 Å². The van der Waals surface area contributed by atoms with Crippen LogP contribution >= 0.6 is 0 Å². The van der Waals surface area contributed by atoms with E-state index in [0.717, 1.165) is 32.1 Å². The van der Waals surface area contributed by atoms with Gasteiger partial charge in [0.25, 0.3) is 5.97 Å². The summed E-state index contributed by atoms with van der Waals surface area (Å²) in [6, 6.07) is 0. The smallest absolute Gasteiger partial charge is 0.288 e. The summed E-state index contributed by atoms with van der Waals surface area (Å²) in [4.78, 5) is 0. The monoisotopic (exact) mass is 426 g/mol. The number of hydrogen-bond donors (Lipinski definition) is 0. The quantitative estimate of drug-likeness (QED) is 0.131. The highest BCUT2D eigenvalue weighted by Crippen LogP contribution is 2.55. The van der Waals surface area contributed by atoms with Crippen molar-refractivity contribution in [3.05, 3.63) is 0 Å². The van der Waals surface area contributed by atoms with Crippen molar-refractivity contribution in [3.63, 3.8) is 0 Å². The van der Waals surface area contributed by atoms with Crippen molar-refractivity contribution >= 4 is 0 Å². The topological polar surface area (TPSA) is 40.2 Å². The molecule has 2 aliphatic rings. The fourth-order valence-corrected chi connectivity index (χ4v) is 5.19. The molecule has 1 aliphatic heterocycles. The predicted molar refractivity (Wildman–Crippen MR) is 124 cm³/mol. The van der Waals surface area contributed by atoms with Crippen molar-refractivity contribution in [1.82, 2.24) is 0 Å². The minimum atomic E-state index is -0.940. The molecule has 0 radical (unpaired) electrons. The average Bonchev–Trinajstić information content (AvgIpc) is 3.54. The molecular weight excluding hydrogens is 376 g/mol. The first kappa shape index (κ1) is 26.1. The van der Waals surface area contributed by atoms with E-state index < -0.39 is 5.97 Å². The third-order valence-corrected chi connectivity index (χ3v) is 7.14. The summed E-state index contributed by atoms with van der Waals surface area (Å²) < 4.78 is 25.6. The minimum Gasteiger partial charge on any atom is -0.370 e. The van der Waals surface area contributed by atoms with E-state index in [4.69, 9.17) is 18.9 Å². The van der Waals surface area contributed by atoms with Crippen LogP contribution in [0.15, 0.2) is 0 Å². The van der Waals surface area contributed by atoms with E-state index in [9.17, 15) is 0 Å². The summed E-state index contributed by atoms with van der Waals surface area (Å²) in [6.45, 7) is 13.2. The molecule has 0 amide bonds. The van der Waals surface area contributed by atoms with Crippen LogP contribution in [-0.4, -0.2) is 38.0 Å². The summed E-state index contributed by atoms with van der Waals surface area (Å²) in [5, 5.41) is 0. The van der Waals surface area contributed by atoms with Gasteiger partial charge >= 0.3 is 0 Å². The molecule has 1 aliphatic carbocycles. The van der Waals surface area contributed by atoms with Crippen LogP contribution in [0.4, 0.5) is 0 Å². The standard InChI is InChI=1S/C26H50O4/c1-6-10-11-12-13-14-17-25(5,22-15-16-23-24(21-22)30-23)26(27-18-7-2,28-19-8-3)29-20-9-4/h22-24H,6-21H2,1-5H3. The first-order valence-electron chi connectivity index (χ1n) is 13.1. The van der Waals surface area contributed by atoms with Crippen molar-refractivity contribution in [1.29, 1.82) is 0 Å². The average molecular weight is 427 g/mol. The Hall–Kier alpha value is -0.160. The van der Waals surface area contributed by atoms with Gasteiger partial charge in [-0.15, -0.1) is 0 Å². The van der Waals surface area contributed by atoms with Crippen molar-refractivity contribution < 1.29 is 18.9 Å². The van der Waals surface area contributed by atoms with Gasteiger partial charge in [0.05, 0.1) is 37.4 Å². The van der Waals surface area contributed by atoms with Gasteiger partial charge in [-0.1, -0.05) is 73.1 Å². The van der Waals surface area contributed by atoms with Crippen LogP contribution in [0.1, 0.15) is 118 Å². The third-order valence-electron chi connectivity index (χ3n) is 7.14. The molecule has 0 aromatic heterocycles. The van der Waals surface area contributed by atoms with Crippen molar-refractivity contribution in [2.75, 3.05) is 19.8 Å². The molecule has 30 heavy (non-hydrogen) atoms. The van der Waals surface area contributed by atoms with Gasteiger partial charge < -0.3 is 18.9 Å².